The summed E-state index contributed by atoms with van der Waals surface area (Å²) >= 11 is 1.41. The van der Waals surface area contributed by atoms with Gasteiger partial charge in [0.1, 0.15) is 11.6 Å². The zero-order valence-corrected chi connectivity index (χ0v) is 11.1. The van der Waals surface area contributed by atoms with Gasteiger partial charge in [-0.15, -0.1) is 11.8 Å². The maximum atomic E-state index is 13.0. The number of phenols is 1. The number of aliphatic hydroxyl groups excluding tert-OH is 1. The molecule has 0 amide bonds. The molecule has 4 heteroatoms. The molecule has 2 aromatic carbocycles. The van der Waals surface area contributed by atoms with Crippen molar-refractivity contribution in [1.29, 1.82) is 0 Å². The average molecular weight is 278 g/mol. The Balaban J connectivity index is 1.86. The average Bonchev–Trinajstić information content (AvgIpc) is 2.36. The van der Waals surface area contributed by atoms with Crippen LogP contribution in [0.5, 0.6) is 5.75 Å². The van der Waals surface area contributed by atoms with E-state index < -0.39 is 6.10 Å². The van der Waals surface area contributed by atoms with Crippen molar-refractivity contribution in [2.45, 2.75) is 17.4 Å². The van der Waals surface area contributed by atoms with Crippen molar-refractivity contribution in [3.63, 3.8) is 0 Å². The first-order chi connectivity index (χ1) is 9.13. The topological polar surface area (TPSA) is 40.5 Å². The highest BCUT2D eigenvalue weighted by atomic mass is 32.2. The van der Waals surface area contributed by atoms with Crippen molar-refractivity contribution in [2.75, 3.05) is 5.75 Å². The normalized spacial score (nSPS) is 12.3. The molecule has 19 heavy (non-hydrogen) atoms. The van der Waals surface area contributed by atoms with E-state index in [0.29, 0.717) is 12.2 Å². The van der Waals surface area contributed by atoms with Gasteiger partial charge >= 0.3 is 0 Å². The predicted molar refractivity (Wildman–Crippen MR) is 74.9 cm³/mol. The molecule has 0 aliphatic rings. The van der Waals surface area contributed by atoms with Crippen LogP contribution in [-0.4, -0.2) is 22.1 Å². The van der Waals surface area contributed by atoms with E-state index in [4.69, 9.17) is 0 Å². The Morgan fingerprint density at radius 2 is 1.89 bits per heavy atom. The lowest BCUT2D eigenvalue weighted by molar-refractivity contribution is 0.200. The van der Waals surface area contributed by atoms with Crippen LogP contribution in [0.25, 0.3) is 0 Å². The fourth-order valence-electron chi connectivity index (χ4n) is 1.76. The summed E-state index contributed by atoms with van der Waals surface area (Å²) in [6.45, 7) is 0. The highest BCUT2D eigenvalue weighted by Gasteiger charge is 2.07. The fourth-order valence-corrected chi connectivity index (χ4v) is 2.64. The molecule has 100 valence electrons. The quantitative estimate of drug-likeness (QED) is 0.825. The molecule has 1 unspecified atom stereocenters. The third-order valence-electron chi connectivity index (χ3n) is 2.62. The fraction of sp³-hybridized carbons (Fsp3) is 0.200. The van der Waals surface area contributed by atoms with Gasteiger partial charge in [-0.2, -0.15) is 0 Å². The van der Waals surface area contributed by atoms with E-state index in [1.54, 1.807) is 24.3 Å². The van der Waals surface area contributed by atoms with Crippen LogP contribution in [-0.2, 0) is 6.42 Å². The molecule has 2 N–H and O–H groups in total. The third-order valence-corrected chi connectivity index (χ3v) is 3.76. The van der Waals surface area contributed by atoms with E-state index in [9.17, 15) is 14.6 Å². The number of aliphatic hydroxyl groups is 1. The van der Waals surface area contributed by atoms with Gasteiger partial charge in [0.25, 0.3) is 0 Å². The monoisotopic (exact) mass is 278 g/mol. The molecule has 1 atom stereocenters. The summed E-state index contributed by atoms with van der Waals surface area (Å²) in [7, 11) is 0. The molecule has 0 heterocycles. The Kier molecular flexibility index (Phi) is 4.82. The van der Waals surface area contributed by atoms with Crippen LogP contribution < -0.4 is 0 Å². The largest absolute Gasteiger partial charge is 0.508 e. The molecule has 0 fully saturated rings. The van der Waals surface area contributed by atoms with E-state index in [-0.39, 0.29) is 11.6 Å². The van der Waals surface area contributed by atoms with Gasteiger partial charge in [0.2, 0.25) is 0 Å². The second-order valence-corrected chi connectivity index (χ2v) is 5.39. The van der Waals surface area contributed by atoms with Crippen molar-refractivity contribution in [1.82, 2.24) is 0 Å². The highest BCUT2D eigenvalue weighted by Crippen LogP contribution is 2.21. The molecule has 0 aliphatic heterocycles. The van der Waals surface area contributed by atoms with Crippen molar-refractivity contribution in [2.24, 2.45) is 0 Å². The number of benzene rings is 2. The van der Waals surface area contributed by atoms with Gasteiger partial charge in [-0.25, -0.2) is 4.39 Å². The number of thioether (sulfide) groups is 1. The van der Waals surface area contributed by atoms with Crippen LogP contribution in [0.15, 0.2) is 53.4 Å². The molecular formula is C15H15FO2S. The Hall–Kier alpha value is -1.52. The van der Waals surface area contributed by atoms with Crippen molar-refractivity contribution >= 4 is 11.8 Å². The van der Waals surface area contributed by atoms with Crippen molar-refractivity contribution in [3.8, 4) is 5.75 Å². The maximum absolute atomic E-state index is 13.0. The molecule has 0 saturated carbocycles. The minimum atomic E-state index is -0.532. The molecule has 0 aromatic heterocycles. The van der Waals surface area contributed by atoms with E-state index in [1.807, 2.05) is 12.1 Å². The Morgan fingerprint density at radius 3 is 2.63 bits per heavy atom. The van der Waals surface area contributed by atoms with Crippen LogP contribution in [0.2, 0.25) is 0 Å². The molecule has 2 nitrogen and oxygen atoms in total. The number of rotatable bonds is 5. The van der Waals surface area contributed by atoms with Crippen LogP contribution in [0.1, 0.15) is 5.56 Å². The van der Waals surface area contributed by atoms with E-state index in [1.165, 1.54) is 23.9 Å². The maximum Gasteiger partial charge on any atom is 0.124 e. The first-order valence-corrected chi connectivity index (χ1v) is 6.96. The summed E-state index contributed by atoms with van der Waals surface area (Å²) < 4.78 is 13.0. The molecular weight excluding hydrogens is 263 g/mol. The predicted octanol–water partition coefficient (Wildman–Crippen LogP) is 3.23. The van der Waals surface area contributed by atoms with E-state index >= 15 is 0 Å². The second-order valence-electron chi connectivity index (χ2n) is 4.30. The highest BCUT2D eigenvalue weighted by molar-refractivity contribution is 7.99. The van der Waals surface area contributed by atoms with Gasteiger partial charge in [0.05, 0.1) is 6.10 Å². The van der Waals surface area contributed by atoms with Crippen LogP contribution in [0.3, 0.4) is 0 Å². The minimum Gasteiger partial charge on any atom is -0.508 e. The Morgan fingerprint density at radius 1 is 1.11 bits per heavy atom. The van der Waals surface area contributed by atoms with Gasteiger partial charge in [-0.05, 0) is 42.3 Å². The minimum absolute atomic E-state index is 0.197. The zero-order valence-electron chi connectivity index (χ0n) is 10.3. The number of halogens is 1. The second kappa shape index (κ2) is 6.59. The Bertz CT molecular complexity index is 545. The standard InChI is InChI=1S/C15H15FO2S/c16-12-4-2-6-15(9-12)19-10-14(18)8-11-3-1-5-13(17)7-11/h1-7,9,14,17-18H,8,10H2. The summed E-state index contributed by atoms with van der Waals surface area (Å²) in [6, 6.07) is 13.1. The van der Waals surface area contributed by atoms with Crippen LogP contribution in [0, 0.1) is 5.82 Å². The Labute approximate surface area is 115 Å². The summed E-state index contributed by atoms with van der Waals surface area (Å²) in [5.74, 6) is 0.411. The van der Waals surface area contributed by atoms with Gasteiger partial charge < -0.3 is 10.2 Å². The molecule has 0 spiro atoms. The molecule has 0 bridgehead atoms. The lowest BCUT2D eigenvalue weighted by atomic mass is 10.1. The summed E-state index contributed by atoms with van der Waals surface area (Å²) in [4.78, 5) is 0.801. The summed E-state index contributed by atoms with van der Waals surface area (Å²) in [6.07, 6.45) is -0.0634. The van der Waals surface area contributed by atoms with Crippen LogP contribution >= 0.6 is 11.8 Å². The molecule has 2 rings (SSSR count). The number of hydrogen-bond acceptors (Lipinski definition) is 3. The van der Waals surface area contributed by atoms with E-state index in [0.717, 1.165) is 10.5 Å². The first kappa shape index (κ1) is 13.9. The molecule has 0 saturated heterocycles. The van der Waals surface area contributed by atoms with E-state index in [2.05, 4.69) is 0 Å². The van der Waals surface area contributed by atoms with Crippen molar-refractivity contribution < 1.29 is 14.6 Å². The van der Waals surface area contributed by atoms with Gasteiger partial charge in [-0.1, -0.05) is 18.2 Å². The molecule has 2 aromatic rings. The number of phenolic OH excluding ortho intramolecular Hbond substituents is 1. The van der Waals surface area contributed by atoms with Crippen molar-refractivity contribution in [3.05, 3.63) is 59.9 Å². The van der Waals surface area contributed by atoms with Gasteiger partial charge in [0.15, 0.2) is 0 Å². The smallest absolute Gasteiger partial charge is 0.124 e. The summed E-state index contributed by atoms with van der Waals surface area (Å²) in [5.41, 5.74) is 0.882. The number of hydrogen-bond donors (Lipinski definition) is 2. The molecule has 0 aliphatic carbocycles. The first-order valence-electron chi connectivity index (χ1n) is 5.98. The third kappa shape index (κ3) is 4.58. The van der Waals surface area contributed by atoms with Gasteiger partial charge in [0, 0.05) is 10.6 Å². The lowest BCUT2D eigenvalue weighted by Crippen LogP contribution is -2.13. The summed E-state index contributed by atoms with van der Waals surface area (Å²) in [5, 5.41) is 19.3. The molecule has 0 radical (unpaired) electrons. The zero-order chi connectivity index (χ0) is 13.7. The lowest BCUT2D eigenvalue weighted by Gasteiger charge is -2.10. The van der Waals surface area contributed by atoms with Crippen LogP contribution in [0.4, 0.5) is 4.39 Å². The number of aromatic hydroxyl groups is 1. The van der Waals surface area contributed by atoms with Gasteiger partial charge in [-0.3, -0.25) is 0 Å². The SMILES string of the molecule is Oc1cccc(CC(O)CSc2cccc(F)c2)c1.